The van der Waals surface area contributed by atoms with Gasteiger partial charge in [-0.3, -0.25) is 4.79 Å². The largest absolute Gasteiger partial charge is 0.398 e. The third-order valence-electron chi connectivity index (χ3n) is 3.16. The highest BCUT2D eigenvalue weighted by atomic mass is 32.2. The van der Waals surface area contributed by atoms with Crippen LogP contribution in [0.2, 0.25) is 0 Å². The van der Waals surface area contributed by atoms with Gasteiger partial charge in [-0.15, -0.1) is 0 Å². The molecule has 0 atom stereocenters. The number of rotatable bonds is 6. The summed E-state index contributed by atoms with van der Waals surface area (Å²) in [7, 11) is 0. The summed E-state index contributed by atoms with van der Waals surface area (Å²) in [6, 6.07) is 5.57. The van der Waals surface area contributed by atoms with E-state index in [-0.39, 0.29) is 5.91 Å². The lowest BCUT2D eigenvalue weighted by atomic mass is 10.1. The summed E-state index contributed by atoms with van der Waals surface area (Å²) >= 11 is 1.89. The zero-order valence-corrected chi connectivity index (χ0v) is 12.0. The van der Waals surface area contributed by atoms with Crippen molar-refractivity contribution in [3.63, 3.8) is 0 Å². The molecule has 1 aromatic rings. The summed E-state index contributed by atoms with van der Waals surface area (Å²) in [5.74, 6) is 1.07. The lowest BCUT2D eigenvalue weighted by Crippen LogP contribution is -2.30. The fraction of sp³-hybridized carbons (Fsp3) is 0.500. The monoisotopic (exact) mass is 280 g/mol. The second-order valence-corrected chi connectivity index (χ2v) is 6.11. The first-order chi connectivity index (χ1) is 9.16. The Kier molecular flexibility index (Phi) is 5.10. The molecule has 5 heteroatoms. The van der Waals surface area contributed by atoms with E-state index in [4.69, 9.17) is 10.5 Å². The van der Waals surface area contributed by atoms with Crippen molar-refractivity contribution in [2.24, 2.45) is 0 Å². The maximum absolute atomic E-state index is 11.8. The molecule has 1 aromatic carbocycles. The minimum Gasteiger partial charge on any atom is -0.398 e. The second-order valence-electron chi connectivity index (χ2n) is 4.70. The summed E-state index contributed by atoms with van der Waals surface area (Å²) < 4.78 is 5.10. The molecular weight excluding hydrogens is 260 g/mol. The van der Waals surface area contributed by atoms with Gasteiger partial charge < -0.3 is 15.8 Å². The number of benzene rings is 1. The van der Waals surface area contributed by atoms with Crippen molar-refractivity contribution in [3.8, 4) is 0 Å². The van der Waals surface area contributed by atoms with Crippen LogP contribution in [0, 0.1) is 6.92 Å². The van der Waals surface area contributed by atoms with Gasteiger partial charge in [-0.1, -0.05) is 6.07 Å². The Hall–Kier alpha value is -1.20. The number of amides is 1. The third kappa shape index (κ3) is 4.14. The molecule has 104 valence electrons. The summed E-state index contributed by atoms with van der Waals surface area (Å²) in [6.07, 6.45) is 1.45. The number of nitrogens with one attached hydrogen (secondary N) is 1. The topological polar surface area (TPSA) is 64.3 Å². The molecule has 0 aliphatic carbocycles. The van der Waals surface area contributed by atoms with Crippen LogP contribution in [0.25, 0.3) is 0 Å². The van der Waals surface area contributed by atoms with Crippen molar-refractivity contribution < 1.29 is 9.53 Å². The number of hydrogen-bond acceptors (Lipinski definition) is 4. The van der Waals surface area contributed by atoms with Crippen LogP contribution >= 0.6 is 11.8 Å². The van der Waals surface area contributed by atoms with Crippen LogP contribution < -0.4 is 11.1 Å². The molecule has 0 radical (unpaired) electrons. The van der Waals surface area contributed by atoms with E-state index in [1.807, 2.05) is 36.9 Å². The molecule has 3 N–H and O–H groups in total. The van der Waals surface area contributed by atoms with Gasteiger partial charge in [0.1, 0.15) is 0 Å². The maximum atomic E-state index is 11.8. The molecule has 1 saturated heterocycles. The Morgan fingerprint density at radius 3 is 3.00 bits per heavy atom. The molecule has 0 aromatic heterocycles. The number of nitrogen functional groups attached to an aromatic ring is 1. The average molecular weight is 280 g/mol. The predicted octanol–water partition coefficient (Wildman–Crippen LogP) is 2.43. The number of nitrogens with two attached hydrogens (primary N) is 1. The van der Waals surface area contributed by atoms with Gasteiger partial charge in [-0.05, 0) is 36.8 Å². The normalized spacial score (nSPS) is 15.0. The van der Waals surface area contributed by atoms with Gasteiger partial charge in [0, 0.05) is 17.8 Å². The minimum absolute atomic E-state index is 0.0548. The van der Waals surface area contributed by atoms with Gasteiger partial charge in [0.15, 0.2) is 0 Å². The van der Waals surface area contributed by atoms with Crippen LogP contribution in [0.5, 0.6) is 0 Å². The van der Waals surface area contributed by atoms with E-state index in [1.165, 1.54) is 0 Å². The van der Waals surface area contributed by atoms with Crippen molar-refractivity contribution in [2.45, 2.75) is 25.0 Å². The van der Waals surface area contributed by atoms with Crippen molar-refractivity contribution in [3.05, 3.63) is 23.8 Å². The summed E-state index contributed by atoms with van der Waals surface area (Å²) in [6.45, 7) is 3.64. The average Bonchev–Trinajstić information content (AvgIpc) is 2.32. The molecule has 0 saturated carbocycles. The van der Waals surface area contributed by atoms with Crippen LogP contribution in [0.3, 0.4) is 0 Å². The van der Waals surface area contributed by atoms with E-state index in [2.05, 4.69) is 5.32 Å². The van der Waals surface area contributed by atoms with Gasteiger partial charge in [-0.25, -0.2) is 0 Å². The molecule has 1 aliphatic heterocycles. The molecule has 1 amide bonds. The van der Waals surface area contributed by atoms with Crippen LogP contribution in [0.4, 0.5) is 11.4 Å². The smallest absolute Gasteiger partial charge is 0.224 e. The Labute approximate surface area is 118 Å². The molecule has 4 nitrogen and oxygen atoms in total. The van der Waals surface area contributed by atoms with E-state index in [0.29, 0.717) is 17.4 Å². The molecule has 0 unspecified atom stereocenters. The van der Waals surface area contributed by atoms with E-state index >= 15 is 0 Å². The molecule has 0 spiro atoms. The number of hydrogen-bond donors (Lipinski definition) is 2. The first-order valence-electron chi connectivity index (χ1n) is 6.51. The first kappa shape index (κ1) is 14.2. The summed E-state index contributed by atoms with van der Waals surface area (Å²) in [4.78, 5) is 11.8. The quantitative estimate of drug-likeness (QED) is 0.620. The van der Waals surface area contributed by atoms with Gasteiger partial charge in [0.05, 0.1) is 18.5 Å². The van der Waals surface area contributed by atoms with Gasteiger partial charge in [0.2, 0.25) is 5.91 Å². The Bertz CT molecular complexity index is 447. The maximum Gasteiger partial charge on any atom is 0.224 e. The molecule has 1 aliphatic rings. The van der Waals surface area contributed by atoms with E-state index in [0.717, 1.165) is 36.6 Å². The Balaban J connectivity index is 1.69. The number of carbonyl (C=O) groups excluding carboxylic acids is 1. The highest BCUT2D eigenvalue weighted by molar-refractivity contribution is 8.00. The number of carbonyl (C=O) groups is 1. The van der Waals surface area contributed by atoms with Gasteiger partial charge in [-0.2, -0.15) is 11.8 Å². The summed E-state index contributed by atoms with van der Waals surface area (Å²) in [5.41, 5.74) is 8.25. The molecule has 1 heterocycles. The Morgan fingerprint density at radius 1 is 1.53 bits per heavy atom. The fourth-order valence-electron chi connectivity index (χ4n) is 1.79. The standard InChI is InChI=1S/C14H20N2O2S/c1-10-12(15)4-2-5-13(10)16-14(17)6-3-7-19-11-8-18-9-11/h2,4-5,11H,3,6-9,15H2,1H3,(H,16,17). The SMILES string of the molecule is Cc1c(N)cccc1NC(=O)CCCSC1COC1. The van der Waals surface area contributed by atoms with Crippen molar-refractivity contribution in [2.75, 3.05) is 30.0 Å². The summed E-state index contributed by atoms with van der Waals surface area (Å²) in [5, 5.41) is 3.55. The highest BCUT2D eigenvalue weighted by Gasteiger charge is 2.18. The predicted molar refractivity (Wildman–Crippen MR) is 80.5 cm³/mol. The molecule has 2 rings (SSSR count). The van der Waals surface area contributed by atoms with Crippen molar-refractivity contribution >= 4 is 29.0 Å². The first-order valence-corrected chi connectivity index (χ1v) is 7.56. The molecule has 0 bridgehead atoms. The number of anilines is 2. The van der Waals surface area contributed by atoms with E-state index in [1.54, 1.807) is 0 Å². The van der Waals surface area contributed by atoms with Crippen molar-refractivity contribution in [1.82, 2.24) is 0 Å². The zero-order chi connectivity index (χ0) is 13.7. The lowest BCUT2D eigenvalue weighted by molar-refractivity contribution is -0.116. The van der Waals surface area contributed by atoms with Crippen LogP contribution in [0.15, 0.2) is 18.2 Å². The van der Waals surface area contributed by atoms with E-state index < -0.39 is 0 Å². The zero-order valence-electron chi connectivity index (χ0n) is 11.1. The molecular formula is C14H20N2O2S. The molecule has 1 fully saturated rings. The minimum atomic E-state index is 0.0548. The Morgan fingerprint density at radius 2 is 2.32 bits per heavy atom. The van der Waals surface area contributed by atoms with Crippen LogP contribution in [0.1, 0.15) is 18.4 Å². The van der Waals surface area contributed by atoms with Crippen LogP contribution in [-0.4, -0.2) is 30.1 Å². The third-order valence-corrected chi connectivity index (χ3v) is 4.43. The highest BCUT2D eigenvalue weighted by Crippen LogP contribution is 2.22. The fourth-order valence-corrected chi connectivity index (χ4v) is 2.82. The second kappa shape index (κ2) is 6.82. The van der Waals surface area contributed by atoms with Gasteiger partial charge in [0.25, 0.3) is 0 Å². The van der Waals surface area contributed by atoms with Gasteiger partial charge >= 0.3 is 0 Å². The lowest BCUT2D eigenvalue weighted by Gasteiger charge is -2.25. The number of thioether (sulfide) groups is 1. The molecule has 19 heavy (non-hydrogen) atoms. The van der Waals surface area contributed by atoms with Crippen molar-refractivity contribution in [1.29, 1.82) is 0 Å². The van der Waals surface area contributed by atoms with Crippen LogP contribution in [-0.2, 0) is 9.53 Å². The number of ether oxygens (including phenoxy) is 1. The van der Waals surface area contributed by atoms with E-state index in [9.17, 15) is 4.79 Å².